The zero-order chi connectivity index (χ0) is 28.5. The number of nitriles is 1. The van der Waals surface area contributed by atoms with E-state index in [4.69, 9.17) is 11.6 Å². The molecule has 4 N–H and O–H groups in total. The first-order valence-electron chi connectivity index (χ1n) is 14.2. The van der Waals surface area contributed by atoms with E-state index in [1.807, 2.05) is 6.07 Å². The fourth-order valence-corrected chi connectivity index (χ4v) is 6.77. The summed E-state index contributed by atoms with van der Waals surface area (Å²) in [4.78, 5) is 4.55. The minimum absolute atomic E-state index is 0.0291. The van der Waals surface area contributed by atoms with Crippen molar-refractivity contribution in [2.75, 3.05) is 17.2 Å². The highest BCUT2D eigenvalue weighted by molar-refractivity contribution is 6.35. The molecule has 4 aromatic rings. The number of nitrogens with zero attached hydrogens (tertiary/aromatic N) is 4. The molecule has 3 saturated carbocycles. The van der Waals surface area contributed by atoms with Gasteiger partial charge in [0.05, 0.1) is 39.1 Å². The largest absolute Gasteiger partial charge is 0.383 e. The number of anilines is 2. The van der Waals surface area contributed by atoms with Crippen LogP contribution < -0.4 is 21.6 Å². The molecule has 9 heteroatoms. The van der Waals surface area contributed by atoms with Crippen molar-refractivity contribution in [3.05, 3.63) is 76.8 Å². The number of aryl methyl sites for hydroxylation is 1. The third kappa shape index (κ3) is 4.35. The summed E-state index contributed by atoms with van der Waals surface area (Å²) in [6, 6.07) is 14.7. The third-order valence-electron chi connectivity index (χ3n) is 8.84. The Balaban J connectivity index is 1.32. The maximum absolute atomic E-state index is 9.90. The molecular weight excluding hydrogens is 532 g/mol. The summed E-state index contributed by atoms with van der Waals surface area (Å²) in [5.41, 5.74) is 13.3. The van der Waals surface area contributed by atoms with Crippen LogP contribution in [-0.4, -0.2) is 26.6 Å². The second-order valence-corrected chi connectivity index (χ2v) is 13.5. The number of pyridine rings is 1. The lowest BCUT2D eigenvalue weighted by atomic mass is 9.49. The van der Waals surface area contributed by atoms with E-state index in [1.165, 1.54) is 30.2 Å². The smallest absolute Gasteiger partial charge is 0.103 e. The predicted octanol–water partition coefficient (Wildman–Crippen LogP) is 6.58. The van der Waals surface area contributed by atoms with Gasteiger partial charge in [-0.2, -0.15) is 5.26 Å². The molecule has 2 aromatic carbocycles. The summed E-state index contributed by atoms with van der Waals surface area (Å²) < 4.78 is 2.15. The fraction of sp³-hybridized carbons (Fsp3) is 0.375. The number of aromatic nitrogens is 2. The number of benzene rings is 2. The van der Waals surface area contributed by atoms with Crippen molar-refractivity contribution < 1.29 is 0 Å². The van der Waals surface area contributed by atoms with Gasteiger partial charge in [-0.3, -0.25) is 9.99 Å². The van der Waals surface area contributed by atoms with Crippen molar-refractivity contribution in [3.63, 3.8) is 0 Å². The second kappa shape index (κ2) is 9.30. The van der Waals surface area contributed by atoms with E-state index in [0.29, 0.717) is 22.6 Å². The third-order valence-corrected chi connectivity index (χ3v) is 9.13. The number of fused-ring (bicyclic) bond motifs is 2. The van der Waals surface area contributed by atoms with Gasteiger partial charge in [-0.1, -0.05) is 44.5 Å². The van der Waals surface area contributed by atoms with E-state index in [-0.39, 0.29) is 17.0 Å². The van der Waals surface area contributed by atoms with Crippen LogP contribution in [0.1, 0.15) is 57.2 Å². The van der Waals surface area contributed by atoms with E-state index in [9.17, 15) is 5.26 Å². The second-order valence-electron chi connectivity index (χ2n) is 13.1. The Morgan fingerprint density at radius 2 is 2.00 bits per heavy atom. The molecule has 0 spiro atoms. The summed E-state index contributed by atoms with van der Waals surface area (Å²) in [5.74, 6) is 0.883. The van der Waals surface area contributed by atoms with Crippen LogP contribution in [-0.2, 0) is 7.05 Å². The molecule has 3 aliphatic carbocycles. The van der Waals surface area contributed by atoms with Crippen molar-refractivity contribution in [1.82, 2.24) is 25.5 Å². The lowest BCUT2D eigenvalue weighted by Gasteiger charge is -2.64. The Hall–Kier alpha value is -3.93. The normalized spacial score (nSPS) is 22.0. The number of hydrogen-bond acceptors (Lipinski definition) is 7. The summed E-state index contributed by atoms with van der Waals surface area (Å²) in [7, 11) is 2.07. The summed E-state index contributed by atoms with van der Waals surface area (Å²) in [6.07, 6.45) is 9.67. The van der Waals surface area contributed by atoms with E-state index in [0.717, 1.165) is 33.9 Å². The van der Waals surface area contributed by atoms with Gasteiger partial charge in [0.15, 0.2) is 0 Å². The quantitative estimate of drug-likeness (QED) is 0.201. The molecule has 41 heavy (non-hydrogen) atoms. The maximum Gasteiger partial charge on any atom is 0.103 e. The summed E-state index contributed by atoms with van der Waals surface area (Å²) >= 11 is 6.85. The van der Waals surface area contributed by atoms with Gasteiger partial charge >= 0.3 is 0 Å². The van der Waals surface area contributed by atoms with E-state index < -0.39 is 0 Å². The van der Waals surface area contributed by atoms with E-state index >= 15 is 0 Å². The molecule has 1 aliphatic heterocycles. The van der Waals surface area contributed by atoms with Crippen LogP contribution in [0.4, 0.5) is 11.4 Å². The predicted molar refractivity (Wildman–Crippen MR) is 165 cm³/mol. The zero-order valence-corrected chi connectivity index (χ0v) is 24.6. The Bertz CT molecular complexity index is 1740. The van der Waals surface area contributed by atoms with E-state index in [2.05, 4.69) is 113 Å². The summed E-state index contributed by atoms with van der Waals surface area (Å²) in [5, 5.41) is 22.0. The van der Waals surface area contributed by atoms with Gasteiger partial charge in [-0.15, -0.1) is 5.53 Å². The van der Waals surface area contributed by atoms with Crippen LogP contribution in [0.3, 0.4) is 0 Å². The molecule has 0 radical (unpaired) electrons. The summed E-state index contributed by atoms with van der Waals surface area (Å²) in [6.45, 7) is 7.19. The lowest BCUT2D eigenvalue weighted by molar-refractivity contribution is -0.141. The van der Waals surface area contributed by atoms with Crippen LogP contribution >= 0.6 is 11.6 Å². The van der Waals surface area contributed by atoms with E-state index in [1.54, 1.807) is 6.20 Å². The molecule has 8 rings (SSSR count). The van der Waals surface area contributed by atoms with Gasteiger partial charge < -0.3 is 20.6 Å². The standard InChI is InChI=1S/C32H35ClN8/c1-31(2,3)18-36-28-20(15-34)16-35-29-24(28)10-21(11-25(29)33)37-30(23-6-5-7-27-22(23)8-9-40(27)4)26-17-41(39-38-26)32-12-19(13-32)14-32/h5-11,16-17,19,30,37-39H,12-14,18H2,1-4H3,(H,35,36)/t19?,30-,32?/m0/s1. The first-order chi connectivity index (χ1) is 19.6. The average molecular weight is 567 g/mol. The SMILES string of the molecule is Cn1ccc2c([C@H](Nc3cc(Cl)c4ncc(C#N)c(NCC(C)(C)C)c4c3)C3=CN(C45CC(C4)C5)NN3)cccc21. The molecule has 210 valence electrons. The monoisotopic (exact) mass is 566 g/mol. The van der Waals surface area contributed by atoms with Crippen LogP contribution in [0.2, 0.25) is 5.02 Å². The van der Waals surface area contributed by atoms with Crippen LogP contribution in [0.25, 0.3) is 21.8 Å². The van der Waals surface area contributed by atoms with Crippen LogP contribution in [0, 0.1) is 22.7 Å². The van der Waals surface area contributed by atoms with Crippen molar-refractivity contribution in [2.24, 2.45) is 18.4 Å². The van der Waals surface area contributed by atoms with Gasteiger partial charge in [0.2, 0.25) is 0 Å². The molecule has 0 amide bonds. The van der Waals surface area contributed by atoms with Gasteiger partial charge in [-0.05, 0) is 60.4 Å². The number of hydrogen-bond donors (Lipinski definition) is 4. The van der Waals surface area contributed by atoms with Crippen LogP contribution in [0.15, 0.2) is 60.7 Å². The topological polar surface area (TPSA) is 93.0 Å². The molecule has 2 aromatic heterocycles. The van der Waals surface area contributed by atoms with Crippen LogP contribution in [0.5, 0.6) is 0 Å². The molecule has 0 unspecified atom stereocenters. The maximum atomic E-state index is 9.90. The molecule has 2 bridgehead atoms. The number of halogens is 1. The minimum atomic E-state index is -0.183. The van der Waals surface area contributed by atoms with Crippen molar-refractivity contribution >= 4 is 44.8 Å². The highest BCUT2D eigenvalue weighted by atomic mass is 35.5. The van der Waals surface area contributed by atoms with Gasteiger partial charge in [0, 0.05) is 54.2 Å². The Morgan fingerprint density at radius 3 is 2.71 bits per heavy atom. The Kier molecular flexibility index (Phi) is 5.90. The molecular formula is C32H35ClN8. The highest BCUT2D eigenvalue weighted by Crippen LogP contribution is 2.60. The van der Waals surface area contributed by atoms with Gasteiger partial charge in [0.1, 0.15) is 6.07 Å². The zero-order valence-electron chi connectivity index (χ0n) is 23.8. The number of hydrazine groups is 2. The van der Waals surface area contributed by atoms with Gasteiger partial charge in [-0.25, -0.2) is 0 Å². The minimum Gasteiger partial charge on any atom is -0.383 e. The number of nitrogens with one attached hydrogen (secondary N) is 4. The number of rotatable bonds is 7. The fourth-order valence-electron chi connectivity index (χ4n) is 6.50. The Labute approximate surface area is 245 Å². The lowest BCUT2D eigenvalue weighted by Crippen LogP contribution is -2.69. The molecule has 8 nitrogen and oxygen atoms in total. The highest BCUT2D eigenvalue weighted by Gasteiger charge is 2.60. The first-order valence-corrected chi connectivity index (χ1v) is 14.6. The molecule has 4 aliphatic rings. The molecule has 3 heterocycles. The van der Waals surface area contributed by atoms with Crippen molar-refractivity contribution in [3.8, 4) is 6.07 Å². The molecule has 1 atom stereocenters. The average Bonchev–Trinajstić information content (AvgIpc) is 3.51. The molecule has 3 fully saturated rings. The van der Waals surface area contributed by atoms with Crippen molar-refractivity contribution in [2.45, 2.75) is 51.6 Å². The van der Waals surface area contributed by atoms with Crippen molar-refractivity contribution in [1.29, 1.82) is 5.26 Å². The van der Waals surface area contributed by atoms with Gasteiger partial charge in [0.25, 0.3) is 0 Å². The first kappa shape index (κ1) is 26.0. The Morgan fingerprint density at radius 1 is 1.20 bits per heavy atom. The molecule has 0 saturated heterocycles.